The minimum atomic E-state index is -0.625. The number of rotatable bonds is 6. The number of benzene rings is 2. The molecule has 0 saturated heterocycles. The van der Waals surface area contributed by atoms with Crippen LogP contribution in [0, 0.1) is 0 Å². The summed E-state index contributed by atoms with van der Waals surface area (Å²) in [6, 6.07) is 16.4. The summed E-state index contributed by atoms with van der Waals surface area (Å²) in [6.07, 6.45) is 2.00. The third kappa shape index (κ3) is 5.16. The Balaban J connectivity index is 2.32. The van der Waals surface area contributed by atoms with Gasteiger partial charge in [0.2, 0.25) is 0 Å². The molecule has 0 aliphatic heterocycles. The predicted molar refractivity (Wildman–Crippen MR) is 93.2 cm³/mol. The third-order valence-corrected chi connectivity index (χ3v) is 3.06. The van der Waals surface area contributed by atoms with Gasteiger partial charge >= 0.3 is 6.03 Å². The predicted octanol–water partition coefficient (Wildman–Crippen LogP) is 3.16. The lowest BCUT2D eigenvalue weighted by atomic mass is 10.1. The SMILES string of the molecule is CN(C)CC=C(Oc1ccccc1NC(N)=O)c1ccccc1. The standard InChI is InChI=1S/C18H21N3O2/c1-21(2)13-12-16(14-8-4-3-5-9-14)23-17-11-7-6-10-15(17)20-18(19)22/h3-12H,13H2,1-2H3,(H3,19,20,22). The highest BCUT2D eigenvalue weighted by molar-refractivity contribution is 5.89. The van der Waals surface area contributed by atoms with E-state index in [-0.39, 0.29) is 0 Å². The van der Waals surface area contributed by atoms with Crippen molar-refractivity contribution >= 4 is 17.5 Å². The summed E-state index contributed by atoms with van der Waals surface area (Å²) in [6.45, 7) is 0.732. The van der Waals surface area contributed by atoms with E-state index in [9.17, 15) is 4.79 Å². The highest BCUT2D eigenvalue weighted by Gasteiger charge is 2.09. The van der Waals surface area contributed by atoms with E-state index >= 15 is 0 Å². The molecule has 0 spiro atoms. The van der Waals surface area contributed by atoms with E-state index in [1.807, 2.05) is 67.5 Å². The largest absolute Gasteiger partial charge is 0.455 e. The zero-order valence-electron chi connectivity index (χ0n) is 13.3. The van der Waals surface area contributed by atoms with Crippen molar-refractivity contribution in [2.75, 3.05) is 26.0 Å². The number of nitrogens with two attached hydrogens (primary N) is 1. The highest BCUT2D eigenvalue weighted by atomic mass is 16.5. The second-order valence-electron chi connectivity index (χ2n) is 5.28. The summed E-state index contributed by atoms with van der Waals surface area (Å²) >= 11 is 0. The Hall–Kier alpha value is -2.79. The van der Waals surface area contributed by atoms with Crippen LogP contribution < -0.4 is 15.8 Å². The topological polar surface area (TPSA) is 67.6 Å². The van der Waals surface area contributed by atoms with Crippen LogP contribution in [-0.4, -0.2) is 31.6 Å². The van der Waals surface area contributed by atoms with Gasteiger partial charge in [-0.1, -0.05) is 42.5 Å². The average molecular weight is 311 g/mol. The van der Waals surface area contributed by atoms with E-state index in [2.05, 4.69) is 5.32 Å². The maximum Gasteiger partial charge on any atom is 0.316 e. The molecule has 0 radical (unpaired) electrons. The van der Waals surface area contributed by atoms with Gasteiger partial charge in [0.15, 0.2) is 5.75 Å². The number of hydrogen-bond donors (Lipinski definition) is 2. The second kappa shape index (κ2) is 8.00. The maximum atomic E-state index is 11.1. The number of nitrogens with zero attached hydrogens (tertiary/aromatic N) is 1. The normalized spacial score (nSPS) is 11.3. The molecule has 3 N–H and O–H groups in total. The summed E-state index contributed by atoms with van der Waals surface area (Å²) < 4.78 is 6.05. The van der Waals surface area contributed by atoms with Gasteiger partial charge < -0.3 is 20.7 Å². The van der Waals surface area contributed by atoms with Crippen LogP contribution in [0.4, 0.5) is 10.5 Å². The Bertz CT molecular complexity index is 682. The quantitative estimate of drug-likeness (QED) is 0.805. The summed E-state index contributed by atoms with van der Waals surface area (Å²) in [7, 11) is 3.98. The summed E-state index contributed by atoms with van der Waals surface area (Å²) in [5, 5.41) is 2.57. The molecule has 5 nitrogen and oxygen atoms in total. The number of urea groups is 1. The van der Waals surface area contributed by atoms with Crippen molar-refractivity contribution in [3.05, 3.63) is 66.2 Å². The summed E-state index contributed by atoms with van der Waals surface area (Å²) in [4.78, 5) is 13.2. The Morgan fingerprint density at radius 1 is 1.13 bits per heavy atom. The van der Waals surface area contributed by atoms with Gasteiger partial charge in [-0.2, -0.15) is 0 Å². The number of likely N-dealkylation sites (N-methyl/N-ethyl adjacent to an activating group) is 1. The van der Waals surface area contributed by atoms with Crippen LogP contribution in [-0.2, 0) is 0 Å². The van der Waals surface area contributed by atoms with E-state index in [4.69, 9.17) is 10.5 Å². The van der Waals surface area contributed by atoms with Crippen LogP contribution in [0.1, 0.15) is 5.56 Å². The molecule has 0 atom stereocenters. The van der Waals surface area contributed by atoms with Crippen LogP contribution in [0.2, 0.25) is 0 Å². The van der Waals surface area contributed by atoms with E-state index in [1.165, 1.54) is 0 Å². The maximum absolute atomic E-state index is 11.1. The fourth-order valence-corrected chi connectivity index (χ4v) is 2.00. The van der Waals surface area contributed by atoms with Gasteiger partial charge in [0.25, 0.3) is 0 Å². The minimum Gasteiger partial charge on any atom is -0.455 e. The van der Waals surface area contributed by atoms with E-state index < -0.39 is 6.03 Å². The van der Waals surface area contributed by atoms with Crippen molar-refractivity contribution in [1.29, 1.82) is 0 Å². The Labute approximate surface area is 136 Å². The number of carbonyl (C=O) groups is 1. The van der Waals surface area contributed by atoms with Gasteiger partial charge in [-0.3, -0.25) is 0 Å². The Morgan fingerprint density at radius 2 is 1.78 bits per heavy atom. The number of amides is 2. The van der Waals surface area contributed by atoms with Crippen LogP contribution in [0.25, 0.3) is 5.76 Å². The molecule has 0 unspecified atom stereocenters. The molecule has 23 heavy (non-hydrogen) atoms. The molecule has 0 heterocycles. The molecule has 120 valence electrons. The van der Waals surface area contributed by atoms with E-state index in [0.29, 0.717) is 11.4 Å². The number of ether oxygens (including phenoxy) is 1. The molecule has 0 bridgehead atoms. The molecule has 2 aromatic carbocycles. The molecule has 0 saturated carbocycles. The number of anilines is 1. The molecule has 0 aliphatic carbocycles. The van der Waals surface area contributed by atoms with Crippen molar-refractivity contribution in [3.63, 3.8) is 0 Å². The third-order valence-electron chi connectivity index (χ3n) is 3.06. The van der Waals surface area contributed by atoms with Crippen LogP contribution in [0.3, 0.4) is 0 Å². The van der Waals surface area contributed by atoms with Crippen molar-refractivity contribution < 1.29 is 9.53 Å². The summed E-state index contributed by atoms with van der Waals surface area (Å²) in [5.41, 5.74) is 6.70. The van der Waals surface area contributed by atoms with Crippen LogP contribution in [0.5, 0.6) is 5.75 Å². The average Bonchev–Trinajstić information content (AvgIpc) is 2.53. The molecular weight excluding hydrogens is 290 g/mol. The van der Waals surface area contributed by atoms with Gasteiger partial charge in [0.1, 0.15) is 5.76 Å². The molecule has 0 aromatic heterocycles. The lowest BCUT2D eigenvalue weighted by molar-refractivity contribution is 0.259. The van der Waals surface area contributed by atoms with Crippen molar-refractivity contribution in [1.82, 2.24) is 4.90 Å². The van der Waals surface area contributed by atoms with E-state index in [0.717, 1.165) is 17.9 Å². The first-order valence-electron chi connectivity index (χ1n) is 7.30. The monoisotopic (exact) mass is 311 g/mol. The smallest absolute Gasteiger partial charge is 0.316 e. The fourth-order valence-electron chi connectivity index (χ4n) is 2.00. The van der Waals surface area contributed by atoms with Crippen molar-refractivity contribution in [3.8, 4) is 5.75 Å². The summed E-state index contributed by atoms with van der Waals surface area (Å²) in [5.74, 6) is 1.26. The molecule has 0 fully saturated rings. The lowest BCUT2D eigenvalue weighted by Gasteiger charge is -2.15. The van der Waals surface area contributed by atoms with E-state index in [1.54, 1.807) is 12.1 Å². The first-order chi connectivity index (χ1) is 11.1. The van der Waals surface area contributed by atoms with Crippen molar-refractivity contribution in [2.24, 2.45) is 5.73 Å². The highest BCUT2D eigenvalue weighted by Crippen LogP contribution is 2.28. The number of carbonyl (C=O) groups excluding carboxylic acids is 1. The number of primary amides is 1. The molecule has 2 aromatic rings. The fraction of sp³-hybridized carbons (Fsp3) is 0.167. The zero-order valence-corrected chi connectivity index (χ0v) is 13.3. The second-order valence-corrected chi connectivity index (χ2v) is 5.28. The number of nitrogens with one attached hydrogen (secondary N) is 1. The van der Waals surface area contributed by atoms with Crippen molar-refractivity contribution in [2.45, 2.75) is 0 Å². The first-order valence-corrected chi connectivity index (χ1v) is 7.30. The first kappa shape index (κ1) is 16.6. The van der Waals surface area contributed by atoms with Gasteiger partial charge in [0, 0.05) is 12.1 Å². The molecule has 0 aliphatic rings. The Kier molecular flexibility index (Phi) is 5.77. The molecular formula is C18H21N3O2. The molecule has 2 rings (SSSR count). The van der Waals surface area contributed by atoms with Gasteiger partial charge in [0.05, 0.1) is 5.69 Å². The number of hydrogen-bond acceptors (Lipinski definition) is 3. The lowest BCUT2D eigenvalue weighted by Crippen LogP contribution is -2.19. The zero-order chi connectivity index (χ0) is 16.7. The van der Waals surface area contributed by atoms with Crippen LogP contribution >= 0.6 is 0 Å². The van der Waals surface area contributed by atoms with Gasteiger partial charge in [-0.25, -0.2) is 4.79 Å². The number of para-hydroxylation sites is 2. The van der Waals surface area contributed by atoms with Gasteiger partial charge in [-0.15, -0.1) is 0 Å². The molecule has 5 heteroatoms. The van der Waals surface area contributed by atoms with Gasteiger partial charge in [-0.05, 0) is 32.3 Å². The Morgan fingerprint density at radius 3 is 2.43 bits per heavy atom. The van der Waals surface area contributed by atoms with Crippen LogP contribution in [0.15, 0.2) is 60.7 Å². The molecule has 2 amide bonds. The minimum absolute atomic E-state index is 0.534.